The van der Waals surface area contributed by atoms with Gasteiger partial charge in [0.05, 0.1) is 0 Å². The van der Waals surface area contributed by atoms with E-state index in [0.717, 1.165) is 11.1 Å². The van der Waals surface area contributed by atoms with Crippen molar-refractivity contribution in [3.63, 3.8) is 0 Å². The van der Waals surface area contributed by atoms with Crippen molar-refractivity contribution in [2.24, 2.45) is 0 Å². The van der Waals surface area contributed by atoms with E-state index in [4.69, 9.17) is 4.74 Å². The van der Waals surface area contributed by atoms with Crippen LogP contribution in [0.4, 0.5) is 0 Å². The molecule has 1 unspecified atom stereocenters. The van der Waals surface area contributed by atoms with Gasteiger partial charge in [-0.3, -0.25) is 14.4 Å². The van der Waals surface area contributed by atoms with Crippen molar-refractivity contribution in [1.29, 1.82) is 0 Å². The van der Waals surface area contributed by atoms with Crippen molar-refractivity contribution >= 4 is 25.9 Å². The minimum absolute atomic E-state index is 0.102. The summed E-state index contributed by atoms with van der Waals surface area (Å²) in [7, 11) is -1.94. The van der Waals surface area contributed by atoms with Crippen molar-refractivity contribution in [1.82, 2.24) is 10.6 Å². The van der Waals surface area contributed by atoms with E-state index >= 15 is 0 Å². The summed E-state index contributed by atoms with van der Waals surface area (Å²) < 4.78 is 5.30. The number of ether oxygens (including phenoxy) is 1. The first-order chi connectivity index (χ1) is 17.7. The highest BCUT2D eigenvalue weighted by molar-refractivity contribution is 6.83. The second-order valence-corrected chi connectivity index (χ2v) is 14.5. The van der Waals surface area contributed by atoms with E-state index in [1.807, 2.05) is 66.7 Å². The zero-order valence-corrected chi connectivity index (χ0v) is 22.4. The number of amides is 2. The van der Waals surface area contributed by atoms with Crippen LogP contribution >= 0.6 is 0 Å². The van der Waals surface area contributed by atoms with E-state index in [9.17, 15) is 14.4 Å². The van der Waals surface area contributed by atoms with Gasteiger partial charge in [-0.1, -0.05) is 104 Å². The summed E-state index contributed by atoms with van der Waals surface area (Å²) in [6.45, 7) is 5.93. The van der Waals surface area contributed by atoms with Gasteiger partial charge in [0.25, 0.3) is 11.8 Å². The average molecular weight is 513 g/mol. The lowest BCUT2D eigenvalue weighted by atomic mass is 9.89. The number of benzene rings is 3. The van der Waals surface area contributed by atoms with E-state index in [1.54, 1.807) is 24.3 Å². The number of nitrogens with one attached hydrogen (secondary N) is 2. The van der Waals surface area contributed by atoms with E-state index < -0.39 is 31.4 Å². The number of esters is 1. The van der Waals surface area contributed by atoms with Gasteiger partial charge < -0.3 is 15.4 Å². The van der Waals surface area contributed by atoms with Crippen LogP contribution < -0.4 is 10.6 Å². The van der Waals surface area contributed by atoms with Gasteiger partial charge in [0.1, 0.15) is 21.2 Å². The summed E-state index contributed by atoms with van der Waals surface area (Å²) in [6, 6.07) is 27.3. The Morgan fingerprint density at radius 2 is 1.35 bits per heavy atom. The number of hydrogen-bond acceptors (Lipinski definition) is 4. The van der Waals surface area contributed by atoms with Crippen LogP contribution in [0.3, 0.4) is 0 Å². The van der Waals surface area contributed by atoms with Crippen molar-refractivity contribution in [2.75, 3.05) is 6.54 Å². The molecule has 0 aliphatic rings. The molecule has 0 saturated carbocycles. The zero-order valence-electron chi connectivity index (χ0n) is 21.4. The molecule has 0 bridgehead atoms. The predicted molar refractivity (Wildman–Crippen MR) is 147 cm³/mol. The molecule has 0 saturated heterocycles. The Bertz CT molecular complexity index is 1260. The fourth-order valence-electron chi connectivity index (χ4n) is 3.46. The highest BCUT2D eigenvalue weighted by Gasteiger charge is 2.39. The molecule has 0 radical (unpaired) electrons. The second kappa shape index (κ2) is 12.7. The summed E-state index contributed by atoms with van der Waals surface area (Å²) in [5.41, 5.74) is 3.74. The molecule has 2 amide bonds. The normalized spacial score (nSPS) is 12.3. The molecule has 0 aliphatic heterocycles. The topological polar surface area (TPSA) is 84.5 Å². The Kier molecular flexibility index (Phi) is 9.42. The Morgan fingerprint density at radius 3 is 1.92 bits per heavy atom. The quantitative estimate of drug-likeness (QED) is 0.256. The largest absolute Gasteiger partial charge is 0.460 e. The van der Waals surface area contributed by atoms with Crippen LogP contribution in [0.1, 0.15) is 21.5 Å². The predicted octanol–water partition coefficient (Wildman–Crippen LogP) is 4.14. The van der Waals surface area contributed by atoms with Crippen LogP contribution in [-0.2, 0) is 27.4 Å². The fraction of sp³-hybridized carbons (Fsp3) is 0.233. The van der Waals surface area contributed by atoms with Crippen molar-refractivity contribution in [3.05, 3.63) is 108 Å². The van der Waals surface area contributed by atoms with Crippen molar-refractivity contribution in [3.8, 4) is 11.5 Å². The van der Waals surface area contributed by atoms with Gasteiger partial charge in [0.2, 0.25) is 0 Å². The number of rotatable bonds is 9. The molecule has 37 heavy (non-hydrogen) atoms. The van der Waals surface area contributed by atoms with Gasteiger partial charge >= 0.3 is 5.97 Å². The highest BCUT2D eigenvalue weighted by Crippen LogP contribution is 2.17. The van der Waals surface area contributed by atoms with Crippen molar-refractivity contribution in [2.45, 2.75) is 38.2 Å². The molecule has 3 aromatic rings. The monoisotopic (exact) mass is 512 g/mol. The zero-order chi connectivity index (χ0) is 26.7. The maximum Gasteiger partial charge on any atom is 0.325 e. The van der Waals surface area contributed by atoms with Gasteiger partial charge in [0, 0.05) is 12.0 Å². The third-order valence-electron chi connectivity index (χ3n) is 5.35. The molecule has 3 aromatic carbocycles. The van der Waals surface area contributed by atoms with E-state index in [2.05, 4.69) is 41.7 Å². The van der Waals surface area contributed by atoms with Gasteiger partial charge in [-0.2, -0.15) is 0 Å². The van der Waals surface area contributed by atoms with E-state index in [1.165, 1.54) is 0 Å². The molecule has 3 rings (SSSR count). The minimum atomic E-state index is -1.94. The number of carbonyl (C=O) groups is 3. The van der Waals surface area contributed by atoms with Gasteiger partial charge in [-0.15, -0.1) is 5.54 Å². The SMILES string of the molecule is C[Si](C)(C)C#CC(Cc1ccccc1)(NC(=O)c1ccccc1)C(=O)NCC(=O)OCc1ccccc1. The van der Waals surface area contributed by atoms with Gasteiger partial charge in [-0.05, 0) is 23.3 Å². The van der Waals surface area contributed by atoms with Gasteiger partial charge in [-0.25, -0.2) is 0 Å². The molecule has 2 N–H and O–H groups in total. The molecule has 0 fully saturated rings. The summed E-state index contributed by atoms with van der Waals surface area (Å²) >= 11 is 0. The second-order valence-electron chi connectivity index (χ2n) is 9.72. The molecule has 0 heterocycles. The molecule has 1 atom stereocenters. The third kappa shape index (κ3) is 8.78. The summed E-state index contributed by atoms with van der Waals surface area (Å²) in [5.74, 6) is 1.54. The third-order valence-corrected chi connectivity index (χ3v) is 6.22. The lowest BCUT2D eigenvalue weighted by molar-refractivity contribution is -0.145. The summed E-state index contributed by atoms with van der Waals surface area (Å²) in [5, 5.41) is 5.55. The Labute approximate surface area is 219 Å². The summed E-state index contributed by atoms with van der Waals surface area (Å²) in [4.78, 5) is 39.4. The molecule has 6 nitrogen and oxygen atoms in total. The van der Waals surface area contributed by atoms with Crippen molar-refractivity contribution < 1.29 is 19.1 Å². The minimum Gasteiger partial charge on any atom is -0.460 e. The maximum atomic E-state index is 13.7. The first-order valence-electron chi connectivity index (χ1n) is 12.1. The van der Waals surface area contributed by atoms with Crippen LogP contribution in [-0.4, -0.2) is 37.9 Å². The molecule has 7 heteroatoms. The number of hydrogen-bond donors (Lipinski definition) is 2. The average Bonchev–Trinajstić information content (AvgIpc) is 2.90. The highest BCUT2D eigenvalue weighted by atomic mass is 28.3. The van der Waals surface area contributed by atoms with Crippen LogP contribution in [0, 0.1) is 11.5 Å². The van der Waals surface area contributed by atoms with E-state index in [0.29, 0.717) is 5.56 Å². The molecular formula is C30H32N2O4Si. The molecule has 0 aliphatic carbocycles. The standard InChI is InChI=1S/C30H32N2O4Si/c1-37(2,3)20-19-30(21-24-13-7-4-8-14-24,32-28(34)26-17-11-6-12-18-26)29(35)31-22-27(33)36-23-25-15-9-5-10-16-25/h4-18H,21-23H2,1-3H3,(H,31,35)(H,32,34). The molecule has 0 spiro atoms. The Morgan fingerprint density at radius 1 is 0.811 bits per heavy atom. The van der Waals surface area contributed by atoms with Crippen LogP contribution in [0.15, 0.2) is 91.0 Å². The Balaban J connectivity index is 1.87. The molecule has 0 aromatic heterocycles. The first-order valence-corrected chi connectivity index (χ1v) is 15.6. The molecule has 190 valence electrons. The lowest BCUT2D eigenvalue weighted by Gasteiger charge is -2.29. The fourth-order valence-corrected chi connectivity index (χ4v) is 4.05. The van der Waals surface area contributed by atoms with Crippen LogP contribution in [0.5, 0.6) is 0 Å². The lowest BCUT2D eigenvalue weighted by Crippen LogP contribution is -2.60. The number of carbonyl (C=O) groups excluding carboxylic acids is 3. The van der Waals surface area contributed by atoms with Crippen LogP contribution in [0.25, 0.3) is 0 Å². The smallest absolute Gasteiger partial charge is 0.325 e. The Hall–Kier alpha value is -4.15. The first kappa shape index (κ1) is 27.4. The van der Waals surface area contributed by atoms with Crippen LogP contribution in [0.2, 0.25) is 19.6 Å². The molecular weight excluding hydrogens is 480 g/mol. The summed E-state index contributed by atoms with van der Waals surface area (Å²) in [6.07, 6.45) is 0.134. The van der Waals surface area contributed by atoms with E-state index in [-0.39, 0.29) is 19.6 Å². The maximum absolute atomic E-state index is 13.7. The van der Waals surface area contributed by atoms with Gasteiger partial charge in [0.15, 0.2) is 5.54 Å².